The van der Waals surface area contributed by atoms with Crippen LogP contribution in [0.4, 0.5) is 5.82 Å². The van der Waals surface area contributed by atoms with Crippen molar-refractivity contribution < 1.29 is 0 Å². The highest BCUT2D eigenvalue weighted by atomic mass is 79.9. The first-order valence-electron chi connectivity index (χ1n) is 3.75. The van der Waals surface area contributed by atoms with Crippen molar-refractivity contribution in [3.63, 3.8) is 0 Å². The van der Waals surface area contributed by atoms with Crippen molar-refractivity contribution in [1.82, 2.24) is 4.98 Å². The van der Waals surface area contributed by atoms with Gasteiger partial charge in [0.2, 0.25) is 0 Å². The number of nitrogens with zero attached hydrogens (tertiary/aromatic N) is 1. The van der Waals surface area contributed by atoms with Gasteiger partial charge in [0.15, 0.2) is 0 Å². The molecule has 0 atom stereocenters. The molecule has 5 heteroatoms. The number of aromatic nitrogens is 1. The maximum Gasteiger partial charge on any atom is 0.130 e. The average molecular weight is 330 g/mol. The Morgan fingerprint density at radius 3 is 2.85 bits per heavy atom. The lowest BCUT2D eigenvalue weighted by Crippen LogP contribution is -2.13. The molecular weight excluding hydrogens is 319 g/mol. The smallest absolute Gasteiger partial charge is 0.130 e. The van der Waals surface area contributed by atoms with E-state index in [1.54, 1.807) is 6.20 Å². The van der Waals surface area contributed by atoms with E-state index in [0.717, 1.165) is 30.2 Å². The van der Waals surface area contributed by atoms with Gasteiger partial charge in [0.1, 0.15) is 5.82 Å². The molecule has 0 radical (unpaired) electrons. The van der Waals surface area contributed by atoms with Crippen LogP contribution in [0.2, 0.25) is 5.02 Å². The quantitative estimate of drug-likeness (QED) is 0.790. The molecule has 2 heterocycles. The summed E-state index contributed by atoms with van der Waals surface area (Å²) in [5, 5.41) is 4.04. The zero-order valence-electron chi connectivity index (χ0n) is 6.92. The van der Waals surface area contributed by atoms with Crippen molar-refractivity contribution in [3.05, 3.63) is 22.8 Å². The van der Waals surface area contributed by atoms with Crippen molar-refractivity contribution in [2.45, 2.75) is 12.8 Å². The third-order valence-corrected chi connectivity index (χ3v) is 2.25. The molecule has 0 fully saturated rings. The second kappa shape index (κ2) is 5.83. The van der Waals surface area contributed by atoms with Crippen molar-refractivity contribution in [3.8, 4) is 0 Å². The molecule has 0 aromatic carbocycles. The fourth-order valence-electron chi connectivity index (χ4n) is 1.33. The van der Waals surface area contributed by atoms with E-state index >= 15 is 0 Å². The van der Waals surface area contributed by atoms with Gasteiger partial charge in [-0.3, -0.25) is 0 Å². The molecule has 0 unspecified atom stereocenters. The van der Waals surface area contributed by atoms with Crippen LogP contribution in [0.3, 0.4) is 0 Å². The number of nitrogens with one attached hydrogen (secondary N) is 1. The lowest BCUT2D eigenvalue weighted by molar-refractivity contribution is 0.818. The van der Waals surface area contributed by atoms with Crippen LogP contribution in [0.15, 0.2) is 12.3 Å². The average Bonchev–Trinajstić information content (AvgIpc) is 2.06. The molecule has 1 N–H and O–H groups in total. The first-order chi connectivity index (χ1) is 5.38. The molecule has 2 rings (SSSR count). The molecule has 74 valence electrons. The maximum absolute atomic E-state index is 5.96. The summed E-state index contributed by atoms with van der Waals surface area (Å²) in [4.78, 5) is 4.18. The molecule has 0 saturated heterocycles. The van der Waals surface area contributed by atoms with Gasteiger partial charge in [0.25, 0.3) is 0 Å². The number of rotatable bonds is 0. The largest absolute Gasteiger partial charge is 0.370 e. The molecule has 13 heavy (non-hydrogen) atoms. The Bertz CT molecular complexity index is 281. The lowest BCUT2D eigenvalue weighted by Gasteiger charge is -2.16. The van der Waals surface area contributed by atoms with E-state index in [1.807, 2.05) is 6.07 Å². The van der Waals surface area contributed by atoms with Crippen molar-refractivity contribution in [2.24, 2.45) is 0 Å². The van der Waals surface area contributed by atoms with Crippen LogP contribution >= 0.6 is 45.6 Å². The summed E-state index contributed by atoms with van der Waals surface area (Å²) in [5.74, 6) is 0.962. The fourth-order valence-corrected chi connectivity index (χ4v) is 1.57. The van der Waals surface area contributed by atoms with E-state index < -0.39 is 0 Å². The van der Waals surface area contributed by atoms with E-state index in [1.165, 1.54) is 5.56 Å². The second-order valence-electron chi connectivity index (χ2n) is 2.65. The maximum atomic E-state index is 5.96. The fraction of sp³-hybridized carbons (Fsp3) is 0.375. The standard InChI is InChI=1S/C8H9ClN2.2BrH/c9-7-3-5-11-8-6(7)2-1-4-10-8;;/h3,5H,1-2,4H2,(H,10,11);2*1H. The van der Waals surface area contributed by atoms with E-state index in [2.05, 4.69) is 10.3 Å². The number of pyridine rings is 1. The predicted molar refractivity (Wildman–Crippen MR) is 66.7 cm³/mol. The summed E-state index contributed by atoms with van der Waals surface area (Å²) < 4.78 is 0. The third kappa shape index (κ3) is 2.82. The number of anilines is 1. The molecule has 0 bridgehead atoms. The Hall–Kier alpha value is 0.200. The number of fused-ring (bicyclic) bond motifs is 1. The van der Waals surface area contributed by atoms with E-state index in [4.69, 9.17) is 11.6 Å². The molecule has 1 aromatic rings. The van der Waals surface area contributed by atoms with Crippen molar-refractivity contribution in [2.75, 3.05) is 11.9 Å². The first-order valence-corrected chi connectivity index (χ1v) is 4.13. The SMILES string of the molecule is Br.Br.Clc1ccnc2c1CCCN2. The summed E-state index contributed by atoms with van der Waals surface area (Å²) in [6.07, 6.45) is 3.94. The van der Waals surface area contributed by atoms with E-state index in [-0.39, 0.29) is 34.0 Å². The molecule has 1 aromatic heterocycles. The Labute approximate surface area is 104 Å². The minimum absolute atomic E-state index is 0. The van der Waals surface area contributed by atoms with Gasteiger partial charge < -0.3 is 5.32 Å². The molecule has 0 amide bonds. The van der Waals surface area contributed by atoms with Crippen LogP contribution < -0.4 is 5.32 Å². The zero-order valence-corrected chi connectivity index (χ0v) is 11.1. The van der Waals surface area contributed by atoms with Crippen LogP contribution in [0.1, 0.15) is 12.0 Å². The molecule has 1 aliphatic rings. The van der Waals surface area contributed by atoms with Gasteiger partial charge >= 0.3 is 0 Å². The highest BCUT2D eigenvalue weighted by Gasteiger charge is 2.11. The summed E-state index contributed by atoms with van der Waals surface area (Å²) in [6.45, 7) is 1.01. The normalized spacial score (nSPS) is 13.0. The first kappa shape index (κ1) is 13.2. The van der Waals surface area contributed by atoms with Crippen LogP contribution in [0, 0.1) is 0 Å². The van der Waals surface area contributed by atoms with Gasteiger partial charge in [-0.1, -0.05) is 11.6 Å². The summed E-state index contributed by atoms with van der Waals surface area (Å²) in [5.41, 5.74) is 1.17. The van der Waals surface area contributed by atoms with Gasteiger partial charge in [-0.25, -0.2) is 4.98 Å². The number of hydrogen-bond acceptors (Lipinski definition) is 2. The summed E-state index contributed by atoms with van der Waals surface area (Å²) in [6, 6.07) is 1.84. The number of halogens is 3. The van der Waals surface area contributed by atoms with Crippen molar-refractivity contribution >= 4 is 51.4 Å². The predicted octanol–water partition coefficient (Wildman–Crippen LogP) is 3.25. The molecule has 0 aliphatic carbocycles. The second-order valence-corrected chi connectivity index (χ2v) is 3.06. The molecular formula is C8H11Br2ClN2. The minimum Gasteiger partial charge on any atom is -0.370 e. The Balaban J connectivity index is 0.000000720. The Kier molecular flexibility index (Phi) is 5.92. The lowest BCUT2D eigenvalue weighted by atomic mass is 10.1. The molecule has 0 saturated carbocycles. The Morgan fingerprint density at radius 2 is 2.15 bits per heavy atom. The summed E-state index contributed by atoms with van der Waals surface area (Å²) in [7, 11) is 0. The highest BCUT2D eigenvalue weighted by molar-refractivity contribution is 8.93. The third-order valence-electron chi connectivity index (χ3n) is 1.89. The molecule has 0 spiro atoms. The molecule has 2 nitrogen and oxygen atoms in total. The topological polar surface area (TPSA) is 24.9 Å². The number of hydrogen-bond donors (Lipinski definition) is 1. The van der Waals surface area contributed by atoms with Crippen LogP contribution in [0.25, 0.3) is 0 Å². The van der Waals surface area contributed by atoms with Gasteiger partial charge in [-0.05, 0) is 18.9 Å². The van der Waals surface area contributed by atoms with Gasteiger partial charge in [-0.2, -0.15) is 0 Å². The Morgan fingerprint density at radius 1 is 1.38 bits per heavy atom. The zero-order chi connectivity index (χ0) is 7.68. The van der Waals surface area contributed by atoms with Crippen LogP contribution in [-0.4, -0.2) is 11.5 Å². The van der Waals surface area contributed by atoms with Gasteiger partial charge in [-0.15, -0.1) is 34.0 Å². The summed E-state index contributed by atoms with van der Waals surface area (Å²) >= 11 is 5.96. The highest BCUT2D eigenvalue weighted by Crippen LogP contribution is 2.25. The van der Waals surface area contributed by atoms with Crippen LogP contribution in [0.5, 0.6) is 0 Å². The van der Waals surface area contributed by atoms with Gasteiger partial charge in [0.05, 0.1) is 0 Å². The van der Waals surface area contributed by atoms with E-state index in [0.29, 0.717) is 0 Å². The van der Waals surface area contributed by atoms with Crippen LogP contribution in [-0.2, 0) is 6.42 Å². The molecule has 1 aliphatic heterocycles. The monoisotopic (exact) mass is 328 g/mol. The van der Waals surface area contributed by atoms with Gasteiger partial charge in [0, 0.05) is 23.3 Å². The van der Waals surface area contributed by atoms with E-state index in [9.17, 15) is 0 Å². The van der Waals surface area contributed by atoms with Crippen molar-refractivity contribution in [1.29, 1.82) is 0 Å². The minimum atomic E-state index is 0.